The topological polar surface area (TPSA) is 189 Å². The van der Waals surface area contributed by atoms with E-state index in [9.17, 15) is 40.5 Å². The third kappa shape index (κ3) is 49.8. The predicted octanol–water partition coefficient (Wildman–Crippen LogP) is 18.3. The summed E-state index contributed by atoms with van der Waals surface area (Å²) in [5.74, 6) is -0.707. The van der Waals surface area contributed by atoms with Crippen molar-refractivity contribution in [3.05, 3.63) is 48.6 Å². The average Bonchev–Trinajstić information content (AvgIpc) is 2.54. The molecule has 0 aliphatic carbocycles. The Hall–Kier alpha value is -1.93. The van der Waals surface area contributed by atoms with E-state index in [1.54, 1.807) is 0 Å². The fourth-order valence-corrected chi connectivity index (χ4v) is 11.9. The summed E-state index contributed by atoms with van der Waals surface area (Å²) in [5, 5.41) is 76.5. The Kier molecular flexibility index (Phi) is 60.3. The minimum atomic E-state index is -1.67. The van der Waals surface area contributed by atoms with Crippen LogP contribution in [-0.4, -0.2) is 110 Å². The molecule has 0 bridgehead atoms. The van der Waals surface area contributed by atoms with Gasteiger partial charge in [-0.15, -0.1) is 0 Å². The first-order valence-corrected chi connectivity index (χ1v) is 37.0. The summed E-state index contributed by atoms with van der Waals surface area (Å²) in [4.78, 5) is 13.3. The molecule has 9 atom stereocenters. The van der Waals surface area contributed by atoms with E-state index in [4.69, 9.17) is 9.47 Å². The Morgan fingerprint density at radius 3 is 1.03 bits per heavy atom. The molecule has 11 heteroatoms. The summed E-state index contributed by atoms with van der Waals surface area (Å²) in [6.07, 6.45) is 72.1. The molecule has 1 saturated heterocycles. The van der Waals surface area contributed by atoms with Gasteiger partial charge in [-0.3, -0.25) is 4.79 Å². The van der Waals surface area contributed by atoms with Gasteiger partial charge in [0.25, 0.3) is 0 Å². The molecule has 1 fully saturated rings. The maximum absolute atomic E-state index is 13.3. The minimum Gasteiger partial charge on any atom is -0.394 e. The van der Waals surface area contributed by atoms with Crippen molar-refractivity contribution in [1.29, 1.82) is 0 Å². The molecule has 0 aromatic carbocycles. The molecule has 0 saturated carbocycles. The Labute approximate surface area is 529 Å². The van der Waals surface area contributed by atoms with Crippen LogP contribution < -0.4 is 5.32 Å². The molecule has 1 amide bonds. The number of carbonyl (C=O) groups excluding carboxylic acids is 1. The number of carbonyl (C=O) groups is 1. The molecule has 0 radical (unpaired) electrons. The average molecular weight is 1220 g/mol. The predicted molar refractivity (Wildman–Crippen MR) is 362 cm³/mol. The van der Waals surface area contributed by atoms with Crippen LogP contribution >= 0.6 is 0 Å². The van der Waals surface area contributed by atoms with Crippen molar-refractivity contribution < 1.29 is 50.0 Å². The largest absolute Gasteiger partial charge is 0.394 e. The van der Waals surface area contributed by atoms with Crippen molar-refractivity contribution in [1.82, 2.24) is 5.32 Å². The van der Waals surface area contributed by atoms with Crippen molar-refractivity contribution in [2.75, 3.05) is 13.2 Å². The van der Waals surface area contributed by atoms with Gasteiger partial charge < -0.3 is 50.5 Å². The van der Waals surface area contributed by atoms with Gasteiger partial charge in [0.2, 0.25) is 5.91 Å². The minimum absolute atomic E-state index is 0.242. The quantitative estimate of drug-likeness (QED) is 0.0215. The van der Waals surface area contributed by atoms with E-state index in [-0.39, 0.29) is 12.8 Å². The van der Waals surface area contributed by atoms with Crippen LogP contribution in [0.15, 0.2) is 48.6 Å². The Bertz CT molecular complexity index is 1540. The number of hydrogen-bond acceptors (Lipinski definition) is 10. The summed E-state index contributed by atoms with van der Waals surface area (Å²) >= 11 is 0. The zero-order chi connectivity index (χ0) is 62.4. The highest BCUT2D eigenvalue weighted by Gasteiger charge is 2.44. The lowest BCUT2D eigenvalue weighted by molar-refractivity contribution is -0.303. The highest BCUT2D eigenvalue weighted by Crippen LogP contribution is 2.24. The molecule has 506 valence electrons. The SMILES string of the molecule is CCCCCCCCCCCCCC/C=C\CCCCCCCCCCCCCCCCCCC(O)C(=O)NC(COC1OC(CO)C(O)C(O)C1O)C(O)C(O)CCC/C=C/CC/C=C/CC/C=C/CCCCCCCCCCCCCCCC. The van der Waals surface area contributed by atoms with Gasteiger partial charge in [-0.25, -0.2) is 0 Å². The van der Waals surface area contributed by atoms with Crippen molar-refractivity contribution >= 4 is 5.91 Å². The molecule has 1 aliphatic heterocycles. The highest BCUT2D eigenvalue weighted by molar-refractivity contribution is 5.80. The molecular formula is C75H141NO10. The Morgan fingerprint density at radius 1 is 0.395 bits per heavy atom. The first kappa shape index (κ1) is 82.1. The summed E-state index contributed by atoms with van der Waals surface area (Å²) in [5.41, 5.74) is 0. The Balaban J connectivity index is 2.21. The summed E-state index contributed by atoms with van der Waals surface area (Å²) < 4.78 is 11.2. The van der Waals surface area contributed by atoms with E-state index < -0.39 is 74.2 Å². The van der Waals surface area contributed by atoms with Gasteiger partial charge in [0.05, 0.1) is 25.4 Å². The van der Waals surface area contributed by atoms with E-state index in [2.05, 4.69) is 67.8 Å². The van der Waals surface area contributed by atoms with Crippen LogP contribution in [0.2, 0.25) is 0 Å². The van der Waals surface area contributed by atoms with Crippen molar-refractivity contribution in [2.24, 2.45) is 0 Å². The van der Waals surface area contributed by atoms with Crippen LogP contribution in [0.1, 0.15) is 354 Å². The van der Waals surface area contributed by atoms with E-state index in [0.29, 0.717) is 19.3 Å². The van der Waals surface area contributed by atoms with E-state index in [1.807, 2.05) is 0 Å². The van der Waals surface area contributed by atoms with Gasteiger partial charge in [-0.1, -0.05) is 313 Å². The van der Waals surface area contributed by atoms with Gasteiger partial charge in [-0.05, 0) is 89.9 Å². The van der Waals surface area contributed by atoms with Crippen LogP contribution in [0.4, 0.5) is 0 Å². The third-order valence-corrected chi connectivity index (χ3v) is 17.8. The molecule has 11 nitrogen and oxygen atoms in total. The molecule has 0 aromatic heterocycles. The smallest absolute Gasteiger partial charge is 0.249 e. The van der Waals surface area contributed by atoms with Crippen LogP contribution in [-0.2, 0) is 14.3 Å². The normalized spacial score (nSPS) is 19.0. The second kappa shape index (κ2) is 63.2. The number of ether oxygens (including phenoxy) is 2. The third-order valence-electron chi connectivity index (χ3n) is 17.8. The Morgan fingerprint density at radius 2 is 0.698 bits per heavy atom. The van der Waals surface area contributed by atoms with Crippen molar-refractivity contribution in [2.45, 2.75) is 409 Å². The lowest BCUT2D eigenvalue weighted by Crippen LogP contribution is -2.60. The van der Waals surface area contributed by atoms with Gasteiger partial charge in [0.15, 0.2) is 6.29 Å². The van der Waals surface area contributed by atoms with Crippen LogP contribution in [0.3, 0.4) is 0 Å². The first-order valence-electron chi connectivity index (χ1n) is 37.0. The van der Waals surface area contributed by atoms with E-state index in [0.717, 1.165) is 44.9 Å². The number of allylic oxidation sites excluding steroid dienone is 8. The summed E-state index contributed by atoms with van der Waals surface area (Å²) in [6, 6.07) is -1.20. The van der Waals surface area contributed by atoms with Gasteiger partial charge in [0.1, 0.15) is 36.6 Å². The van der Waals surface area contributed by atoms with Gasteiger partial charge >= 0.3 is 0 Å². The van der Waals surface area contributed by atoms with Gasteiger partial charge in [-0.2, -0.15) is 0 Å². The zero-order valence-electron chi connectivity index (χ0n) is 56.1. The fraction of sp³-hybridized carbons (Fsp3) is 0.880. The molecule has 8 N–H and O–H groups in total. The number of aliphatic hydroxyl groups is 7. The van der Waals surface area contributed by atoms with Crippen LogP contribution in [0.5, 0.6) is 0 Å². The number of amides is 1. The second-order valence-corrected chi connectivity index (χ2v) is 26.0. The molecular weight excluding hydrogens is 1070 g/mol. The maximum Gasteiger partial charge on any atom is 0.249 e. The first-order chi connectivity index (χ1) is 42.2. The molecule has 1 aliphatic rings. The molecule has 86 heavy (non-hydrogen) atoms. The second-order valence-electron chi connectivity index (χ2n) is 26.0. The summed E-state index contributed by atoms with van der Waals surface area (Å²) in [6.45, 7) is 3.49. The van der Waals surface area contributed by atoms with E-state index >= 15 is 0 Å². The van der Waals surface area contributed by atoms with Gasteiger partial charge in [0, 0.05) is 0 Å². The zero-order valence-corrected chi connectivity index (χ0v) is 56.1. The molecule has 1 rings (SSSR count). The maximum atomic E-state index is 13.3. The standard InChI is InChI=1S/C75H141NO10/c1-3-5-7-9-11-13-15-17-19-21-23-25-27-29-31-32-33-34-35-37-39-41-43-45-47-49-51-53-55-57-59-61-63-68(79)74(84)76-66(65-85-75-73(83)72(82)71(81)69(64-77)86-75)70(80)67(78)62-60-58-56-54-52-50-48-46-44-42-40-38-36-30-28-26-24-22-20-18-16-14-12-10-8-6-4-2/h29,31,38,40,46,48,54,56,66-73,75,77-83H,3-28,30,32-37,39,41-45,47,49-53,55,57-65H2,1-2H3,(H,76,84)/b31-29-,40-38+,48-46+,56-54+. The number of unbranched alkanes of at least 4 members (excludes halogenated alkanes) is 45. The highest BCUT2D eigenvalue weighted by atomic mass is 16.7. The lowest BCUT2D eigenvalue weighted by atomic mass is 9.98. The van der Waals surface area contributed by atoms with Crippen LogP contribution in [0, 0.1) is 0 Å². The molecule has 0 aromatic rings. The van der Waals surface area contributed by atoms with Crippen LogP contribution in [0.25, 0.3) is 0 Å². The number of rotatable bonds is 65. The lowest BCUT2D eigenvalue weighted by Gasteiger charge is -2.40. The monoisotopic (exact) mass is 1220 g/mol. The summed E-state index contributed by atoms with van der Waals surface area (Å²) in [7, 11) is 0. The van der Waals surface area contributed by atoms with E-state index in [1.165, 1.54) is 263 Å². The van der Waals surface area contributed by atoms with Crippen molar-refractivity contribution in [3.63, 3.8) is 0 Å². The number of hydrogen-bond donors (Lipinski definition) is 8. The molecule has 9 unspecified atom stereocenters. The molecule has 1 heterocycles. The number of aliphatic hydroxyl groups excluding tert-OH is 7. The fourth-order valence-electron chi connectivity index (χ4n) is 11.9. The molecule has 0 spiro atoms. The van der Waals surface area contributed by atoms with Crippen molar-refractivity contribution in [3.8, 4) is 0 Å². The number of nitrogens with one attached hydrogen (secondary N) is 1.